The fourth-order valence-corrected chi connectivity index (χ4v) is 3.58. The van der Waals surface area contributed by atoms with Gasteiger partial charge in [0.25, 0.3) is 0 Å². The van der Waals surface area contributed by atoms with Crippen LogP contribution in [-0.4, -0.2) is 32.0 Å². The summed E-state index contributed by atoms with van der Waals surface area (Å²) in [5.41, 5.74) is 6.35. The second kappa shape index (κ2) is 10.6. The molecule has 11 rings (SSSR count). The molecule has 0 atom stereocenters. The first-order valence-electron chi connectivity index (χ1n) is 11.5. The molecule has 0 radical (unpaired) electrons. The summed E-state index contributed by atoms with van der Waals surface area (Å²) >= 11 is 0. The number of carbonyl (C=O) groups excluding carboxylic acids is 2. The van der Waals surface area contributed by atoms with E-state index in [1.54, 1.807) is 24.8 Å². The minimum Gasteiger partial charge on any atom is -0.334 e. The molecule has 180 valence electrons. The molecule has 36 heavy (non-hydrogen) atoms. The van der Waals surface area contributed by atoms with Gasteiger partial charge in [-0.3, -0.25) is 19.9 Å². The molecular formula is C26H24N8O2. The summed E-state index contributed by atoms with van der Waals surface area (Å²) in [6.07, 6.45) is 6.85. The Hall–Kier alpha value is -4.86. The molecule has 10 nitrogen and oxygen atoms in total. The van der Waals surface area contributed by atoms with Crippen LogP contribution in [0, 0.1) is 0 Å². The second-order valence-electron chi connectivity index (χ2n) is 8.28. The minimum atomic E-state index is -0.278. The SMILES string of the molecule is O=C1NCc2ccc(nc2)-c2ccc(cn2)CNC(=O)NCc2ccc(nc2)-c2ccc(cn2)CN1. The van der Waals surface area contributed by atoms with E-state index in [9.17, 15) is 9.59 Å². The Labute approximate surface area is 207 Å². The molecule has 0 saturated carbocycles. The average molecular weight is 481 g/mol. The zero-order chi connectivity index (χ0) is 24.7. The lowest BCUT2D eigenvalue weighted by atomic mass is 10.2. The first-order valence-corrected chi connectivity index (χ1v) is 11.5. The summed E-state index contributed by atoms with van der Waals surface area (Å²) in [7, 11) is 0. The molecule has 4 amide bonds. The van der Waals surface area contributed by atoms with Crippen LogP contribution in [0.2, 0.25) is 0 Å². The Morgan fingerprint density at radius 2 is 0.667 bits per heavy atom. The largest absolute Gasteiger partial charge is 0.334 e. The molecule has 4 N–H and O–H groups in total. The highest BCUT2D eigenvalue weighted by Gasteiger charge is 2.07. The van der Waals surface area contributed by atoms with Crippen LogP contribution in [0.5, 0.6) is 0 Å². The molecule has 7 aliphatic heterocycles. The number of nitrogens with zero attached hydrogens (tertiary/aromatic N) is 4. The predicted octanol–water partition coefficient (Wildman–Crippen LogP) is 2.91. The summed E-state index contributed by atoms with van der Waals surface area (Å²) in [5.74, 6) is 0. The van der Waals surface area contributed by atoms with Gasteiger partial charge in [0, 0.05) is 51.0 Å². The molecule has 0 unspecified atom stereocenters. The smallest absolute Gasteiger partial charge is 0.315 e. The van der Waals surface area contributed by atoms with Crippen molar-refractivity contribution in [3.63, 3.8) is 0 Å². The van der Waals surface area contributed by atoms with Gasteiger partial charge in [0.15, 0.2) is 0 Å². The number of carbonyl (C=O) groups is 2. The number of nitrogens with one attached hydrogen (secondary N) is 4. The Morgan fingerprint density at radius 3 is 0.861 bits per heavy atom. The average Bonchev–Trinajstić information content (AvgIpc) is 2.93. The van der Waals surface area contributed by atoms with E-state index in [0.29, 0.717) is 26.2 Å². The lowest BCUT2D eigenvalue weighted by Gasteiger charge is -2.10. The van der Waals surface area contributed by atoms with E-state index in [1.807, 2.05) is 48.5 Å². The van der Waals surface area contributed by atoms with Crippen molar-refractivity contribution in [3.8, 4) is 22.8 Å². The van der Waals surface area contributed by atoms with Gasteiger partial charge < -0.3 is 21.3 Å². The summed E-state index contributed by atoms with van der Waals surface area (Å²) in [6.45, 7) is 1.38. The maximum Gasteiger partial charge on any atom is 0.315 e. The van der Waals surface area contributed by atoms with Gasteiger partial charge in [0.2, 0.25) is 0 Å². The number of hydrogen-bond acceptors (Lipinski definition) is 6. The summed E-state index contributed by atoms with van der Waals surface area (Å²) < 4.78 is 0. The quantitative estimate of drug-likeness (QED) is 0.306. The van der Waals surface area contributed by atoms with E-state index in [4.69, 9.17) is 0 Å². The predicted molar refractivity (Wildman–Crippen MR) is 133 cm³/mol. The standard InChI is InChI=1S/C26H24N8O2/c35-25-31-13-17-1-5-21(27-9-17)22-6-2-18(10-28-22)15-33-26(36)34-16-20-4-8-24(30-12-20)23-7-3-19(11-29-23)14-32-25/h1-12H,13-16H2,(H2,31,32,35)(H2,33,34,36). The van der Waals surface area contributed by atoms with Gasteiger partial charge in [-0.15, -0.1) is 0 Å². The van der Waals surface area contributed by atoms with Crippen LogP contribution < -0.4 is 21.3 Å². The number of amides is 4. The number of rotatable bonds is 0. The maximum atomic E-state index is 12.2. The molecule has 0 spiro atoms. The zero-order valence-corrected chi connectivity index (χ0v) is 19.4. The minimum absolute atomic E-state index is 0.278. The lowest BCUT2D eigenvalue weighted by Crippen LogP contribution is -2.34. The van der Waals surface area contributed by atoms with E-state index >= 15 is 0 Å². The molecule has 11 heterocycles. The van der Waals surface area contributed by atoms with Crippen LogP contribution >= 0.6 is 0 Å². The fraction of sp³-hybridized carbons (Fsp3) is 0.154. The third-order valence-electron chi connectivity index (χ3n) is 5.64. The van der Waals surface area contributed by atoms with Crippen molar-refractivity contribution in [3.05, 3.63) is 95.6 Å². The van der Waals surface area contributed by atoms with E-state index < -0.39 is 0 Å². The van der Waals surface area contributed by atoms with Crippen molar-refractivity contribution in [2.24, 2.45) is 0 Å². The van der Waals surface area contributed by atoms with Crippen LogP contribution in [0.15, 0.2) is 73.3 Å². The monoisotopic (exact) mass is 480 g/mol. The summed E-state index contributed by atoms with van der Waals surface area (Å²) in [5, 5.41) is 11.3. The summed E-state index contributed by atoms with van der Waals surface area (Å²) in [6, 6.07) is 14.5. The number of aromatic nitrogens is 4. The topological polar surface area (TPSA) is 134 Å². The van der Waals surface area contributed by atoms with Crippen molar-refractivity contribution in [2.75, 3.05) is 0 Å². The van der Waals surface area contributed by atoms with E-state index in [2.05, 4.69) is 41.2 Å². The van der Waals surface area contributed by atoms with E-state index in [-0.39, 0.29) is 12.1 Å². The third-order valence-corrected chi connectivity index (χ3v) is 5.64. The van der Waals surface area contributed by atoms with Gasteiger partial charge in [-0.1, -0.05) is 24.3 Å². The Bertz CT molecular complexity index is 1130. The Morgan fingerprint density at radius 1 is 0.417 bits per heavy atom. The Balaban J connectivity index is 1.33. The van der Waals surface area contributed by atoms with Gasteiger partial charge in [-0.2, -0.15) is 0 Å². The number of pyridine rings is 4. The van der Waals surface area contributed by atoms with E-state index in [0.717, 1.165) is 45.0 Å². The van der Waals surface area contributed by atoms with E-state index in [1.165, 1.54) is 0 Å². The molecule has 7 aliphatic rings. The van der Waals surface area contributed by atoms with Crippen LogP contribution in [0.1, 0.15) is 22.3 Å². The van der Waals surface area contributed by atoms with Gasteiger partial charge in [0.05, 0.1) is 22.8 Å². The molecule has 8 bridgehead atoms. The van der Waals surface area contributed by atoms with Gasteiger partial charge in [-0.05, 0) is 46.5 Å². The van der Waals surface area contributed by atoms with Crippen molar-refractivity contribution in [1.29, 1.82) is 0 Å². The highest BCUT2D eigenvalue weighted by atomic mass is 16.2. The maximum absolute atomic E-state index is 12.2. The molecule has 10 heteroatoms. The molecule has 0 fully saturated rings. The van der Waals surface area contributed by atoms with Crippen molar-refractivity contribution < 1.29 is 9.59 Å². The zero-order valence-electron chi connectivity index (χ0n) is 19.4. The van der Waals surface area contributed by atoms with Crippen LogP contribution in [-0.2, 0) is 26.2 Å². The first kappa shape index (κ1) is 22.9. The van der Waals surface area contributed by atoms with Crippen LogP contribution in [0.3, 0.4) is 0 Å². The third kappa shape index (κ3) is 5.79. The van der Waals surface area contributed by atoms with Crippen LogP contribution in [0.25, 0.3) is 22.8 Å². The molecule has 0 saturated heterocycles. The highest BCUT2D eigenvalue weighted by molar-refractivity contribution is 5.74. The van der Waals surface area contributed by atoms with Crippen molar-refractivity contribution in [2.45, 2.75) is 26.2 Å². The number of urea groups is 2. The van der Waals surface area contributed by atoms with Gasteiger partial charge in [-0.25, -0.2) is 9.59 Å². The second-order valence-corrected chi connectivity index (χ2v) is 8.28. The fourth-order valence-electron chi connectivity index (χ4n) is 3.58. The van der Waals surface area contributed by atoms with Crippen LogP contribution in [0.4, 0.5) is 9.59 Å². The van der Waals surface area contributed by atoms with Gasteiger partial charge in [0.1, 0.15) is 0 Å². The lowest BCUT2D eigenvalue weighted by molar-refractivity contribution is 0.239. The number of hydrogen-bond donors (Lipinski definition) is 4. The van der Waals surface area contributed by atoms with Crippen molar-refractivity contribution in [1.82, 2.24) is 41.2 Å². The molecular weight excluding hydrogens is 456 g/mol. The molecule has 4 aromatic rings. The highest BCUT2D eigenvalue weighted by Crippen LogP contribution is 2.16. The molecule has 4 aromatic heterocycles. The summed E-state index contributed by atoms with van der Waals surface area (Å²) in [4.78, 5) is 42.3. The van der Waals surface area contributed by atoms with Gasteiger partial charge >= 0.3 is 12.1 Å². The molecule has 0 aromatic carbocycles. The normalized spacial score (nSPS) is 14.1. The first-order chi connectivity index (χ1) is 17.6. The van der Waals surface area contributed by atoms with Crippen molar-refractivity contribution >= 4 is 12.1 Å². The Kier molecular flexibility index (Phi) is 6.74. The molecule has 0 aliphatic carbocycles.